The highest BCUT2D eigenvalue weighted by Crippen LogP contribution is 2.36. The predicted molar refractivity (Wildman–Crippen MR) is 79.5 cm³/mol. The van der Waals surface area contributed by atoms with Crippen LogP contribution in [0.5, 0.6) is 0 Å². The summed E-state index contributed by atoms with van der Waals surface area (Å²) in [6, 6.07) is 2.63. The molecule has 0 amide bonds. The lowest BCUT2D eigenvalue weighted by molar-refractivity contribution is 0.418. The van der Waals surface area contributed by atoms with Crippen molar-refractivity contribution >= 4 is 23.1 Å². The Balaban J connectivity index is 1.76. The van der Waals surface area contributed by atoms with Crippen molar-refractivity contribution in [2.75, 3.05) is 5.75 Å². The molecule has 0 fully saturated rings. The number of nitrogens with one attached hydrogen (secondary N) is 1. The topological polar surface area (TPSA) is 51.0 Å². The van der Waals surface area contributed by atoms with Gasteiger partial charge in [-0.2, -0.15) is 16.7 Å². The average molecular weight is 295 g/mol. The fourth-order valence-electron chi connectivity index (χ4n) is 1.97. The second-order valence-corrected chi connectivity index (χ2v) is 7.15. The van der Waals surface area contributed by atoms with Crippen molar-refractivity contribution < 1.29 is 4.52 Å². The third-order valence-electron chi connectivity index (χ3n) is 2.97. The molecule has 0 saturated carbocycles. The zero-order chi connectivity index (χ0) is 13.2. The van der Waals surface area contributed by atoms with E-state index in [-0.39, 0.29) is 0 Å². The fraction of sp³-hybridized carbons (Fsp3) is 0.538. The van der Waals surface area contributed by atoms with Gasteiger partial charge in [-0.1, -0.05) is 19.0 Å². The van der Waals surface area contributed by atoms with Crippen LogP contribution in [0.4, 0.5) is 0 Å². The highest BCUT2D eigenvalue weighted by Gasteiger charge is 2.18. The Hall–Kier alpha value is -0.850. The van der Waals surface area contributed by atoms with Crippen molar-refractivity contribution in [1.82, 2.24) is 15.5 Å². The Morgan fingerprint density at radius 3 is 3.16 bits per heavy atom. The monoisotopic (exact) mass is 295 g/mol. The lowest BCUT2D eigenvalue weighted by atomic mass is 10.2. The molecule has 4 nitrogen and oxygen atoms in total. The summed E-state index contributed by atoms with van der Waals surface area (Å²) in [7, 11) is 0. The molecule has 19 heavy (non-hydrogen) atoms. The van der Waals surface area contributed by atoms with Crippen LogP contribution in [-0.4, -0.2) is 21.9 Å². The van der Waals surface area contributed by atoms with E-state index in [1.54, 1.807) is 11.3 Å². The lowest BCUT2D eigenvalue weighted by Crippen LogP contribution is -2.22. The van der Waals surface area contributed by atoms with Crippen molar-refractivity contribution in [3.05, 3.63) is 22.3 Å². The van der Waals surface area contributed by atoms with Crippen LogP contribution in [0, 0.1) is 0 Å². The minimum absolute atomic E-state index is 0.424. The quantitative estimate of drug-likeness (QED) is 0.939. The van der Waals surface area contributed by atoms with E-state index in [1.165, 1.54) is 22.6 Å². The molecule has 0 radical (unpaired) electrons. The molecule has 0 bridgehead atoms. The van der Waals surface area contributed by atoms with Gasteiger partial charge < -0.3 is 9.84 Å². The molecule has 1 aliphatic heterocycles. The Bertz CT molecular complexity index is 538. The second kappa shape index (κ2) is 5.64. The van der Waals surface area contributed by atoms with Crippen molar-refractivity contribution in [3.8, 4) is 10.8 Å². The summed E-state index contributed by atoms with van der Waals surface area (Å²) in [6.07, 6.45) is 1.17. The summed E-state index contributed by atoms with van der Waals surface area (Å²) < 4.78 is 5.36. The first-order valence-electron chi connectivity index (χ1n) is 6.48. The van der Waals surface area contributed by atoms with E-state index in [0.29, 0.717) is 18.5 Å². The van der Waals surface area contributed by atoms with Crippen molar-refractivity contribution in [3.63, 3.8) is 0 Å². The van der Waals surface area contributed by atoms with Crippen LogP contribution >= 0.6 is 23.1 Å². The van der Waals surface area contributed by atoms with Crippen LogP contribution in [0.15, 0.2) is 10.6 Å². The van der Waals surface area contributed by atoms with Gasteiger partial charge in [0.25, 0.3) is 5.89 Å². The molecule has 2 aromatic rings. The van der Waals surface area contributed by atoms with E-state index in [9.17, 15) is 0 Å². The van der Waals surface area contributed by atoms with Gasteiger partial charge in [-0.05, 0) is 23.8 Å². The zero-order valence-electron chi connectivity index (χ0n) is 11.1. The molecule has 0 aliphatic carbocycles. The standard InChI is InChI=1S/C13H17N3OS2/c1-8(2)14-6-12-15-13(17-16-12)11-5-9-7-18-4-3-10(9)19-11/h5,8,14H,3-4,6-7H2,1-2H3. The molecule has 1 aliphatic rings. The molecule has 3 rings (SSSR count). The number of aromatic nitrogens is 2. The summed E-state index contributed by atoms with van der Waals surface area (Å²) in [5.74, 6) is 3.72. The maximum atomic E-state index is 5.36. The number of thiophene rings is 1. The van der Waals surface area contributed by atoms with Crippen molar-refractivity contribution in [2.45, 2.75) is 38.6 Å². The Labute approximate surface area is 121 Å². The summed E-state index contributed by atoms with van der Waals surface area (Å²) in [5.41, 5.74) is 1.44. The predicted octanol–water partition coefficient (Wildman–Crippen LogP) is 3.09. The molecule has 0 aromatic carbocycles. The Morgan fingerprint density at radius 2 is 2.37 bits per heavy atom. The summed E-state index contributed by atoms with van der Waals surface area (Å²) in [6.45, 7) is 4.86. The van der Waals surface area contributed by atoms with Crippen LogP contribution in [0.2, 0.25) is 0 Å². The van der Waals surface area contributed by atoms with Crippen molar-refractivity contribution in [1.29, 1.82) is 0 Å². The molecule has 2 aromatic heterocycles. The smallest absolute Gasteiger partial charge is 0.268 e. The van der Waals surface area contributed by atoms with Crippen LogP contribution in [-0.2, 0) is 18.7 Å². The van der Waals surface area contributed by atoms with Gasteiger partial charge in [0.1, 0.15) is 0 Å². The third-order valence-corrected chi connectivity index (χ3v) is 5.21. The van der Waals surface area contributed by atoms with Crippen LogP contribution < -0.4 is 5.32 Å². The van der Waals surface area contributed by atoms with Crippen molar-refractivity contribution in [2.24, 2.45) is 0 Å². The van der Waals surface area contributed by atoms with Crippen LogP contribution in [0.3, 0.4) is 0 Å². The maximum absolute atomic E-state index is 5.36. The number of nitrogens with zero attached hydrogens (tertiary/aromatic N) is 2. The third kappa shape index (κ3) is 3.01. The normalized spacial score (nSPS) is 14.9. The molecular formula is C13H17N3OS2. The number of aryl methyl sites for hydroxylation is 1. The van der Waals surface area contributed by atoms with E-state index >= 15 is 0 Å². The number of fused-ring (bicyclic) bond motifs is 1. The highest BCUT2D eigenvalue weighted by atomic mass is 32.2. The van der Waals surface area contributed by atoms with E-state index in [0.717, 1.165) is 16.5 Å². The molecule has 102 valence electrons. The van der Waals surface area contributed by atoms with E-state index in [2.05, 4.69) is 35.4 Å². The fourth-order valence-corrected chi connectivity index (χ4v) is 4.27. The molecule has 6 heteroatoms. The van der Waals surface area contributed by atoms with E-state index in [1.807, 2.05) is 11.8 Å². The van der Waals surface area contributed by atoms with Crippen LogP contribution in [0.25, 0.3) is 10.8 Å². The van der Waals surface area contributed by atoms with Gasteiger partial charge >= 0.3 is 0 Å². The minimum atomic E-state index is 0.424. The molecule has 3 heterocycles. The van der Waals surface area contributed by atoms with Gasteiger partial charge in [0.2, 0.25) is 0 Å². The molecule has 0 saturated heterocycles. The first-order chi connectivity index (χ1) is 9.22. The van der Waals surface area contributed by atoms with Gasteiger partial charge in [-0.15, -0.1) is 11.3 Å². The number of rotatable bonds is 4. The van der Waals surface area contributed by atoms with E-state index < -0.39 is 0 Å². The van der Waals surface area contributed by atoms with Crippen LogP contribution in [0.1, 0.15) is 30.1 Å². The molecule has 0 spiro atoms. The van der Waals surface area contributed by atoms with Gasteiger partial charge in [-0.3, -0.25) is 0 Å². The molecular weight excluding hydrogens is 278 g/mol. The van der Waals surface area contributed by atoms with Gasteiger partial charge in [0.15, 0.2) is 5.82 Å². The maximum Gasteiger partial charge on any atom is 0.268 e. The minimum Gasteiger partial charge on any atom is -0.333 e. The second-order valence-electron chi connectivity index (χ2n) is 4.91. The molecule has 1 N–H and O–H groups in total. The molecule has 0 atom stereocenters. The number of hydrogen-bond acceptors (Lipinski definition) is 6. The Kier molecular flexibility index (Phi) is 3.91. The zero-order valence-corrected chi connectivity index (χ0v) is 12.7. The Morgan fingerprint density at radius 1 is 1.47 bits per heavy atom. The number of thioether (sulfide) groups is 1. The highest BCUT2D eigenvalue weighted by molar-refractivity contribution is 7.98. The number of hydrogen-bond donors (Lipinski definition) is 1. The van der Waals surface area contributed by atoms with Gasteiger partial charge in [0, 0.05) is 16.7 Å². The van der Waals surface area contributed by atoms with Gasteiger partial charge in [0.05, 0.1) is 11.4 Å². The summed E-state index contributed by atoms with van der Waals surface area (Å²) in [4.78, 5) is 7.05. The summed E-state index contributed by atoms with van der Waals surface area (Å²) >= 11 is 3.79. The lowest BCUT2D eigenvalue weighted by Gasteiger charge is -2.08. The van der Waals surface area contributed by atoms with Gasteiger partial charge in [-0.25, -0.2) is 0 Å². The summed E-state index contributed by atoms with van der Waals surface area (Å²) in [5, 5.41) is 7.31. The first-order valence-corrected chi connectivity index (χ1v) is 8.45. The first kappa shape index (κ1) is 13.1. The molecule has 0 unspecified atom stereocenters. The average Bonchev–Trinajstić information content (AvgIpc) is 3.02. The SMILES string of the molecule is CC(C)NCc1noc(-c2cc3c(s2)CCSC3)n1. The van der Waals surface area contributed by atoms with E-state index in [4.69, 9.17) is 4.52 Å². The largest absolute Gasteiger partial charge is 0.333 e.